The maximum atomic E-state index is 5.64. The van der Waals surface area contributed by atoms with Gasteiger partial charge in [0.1, 0.15) is 0 Å². The summed E-state index contributed by atoms with van der Waals surface area (Å²) in [6, 6.07) is 38.4. The highest BCUT2D eigenvalue weighted by Crippen LogP contribution is 2.42. The fourth-order valence-corrected chi connectivity index (χ4v) is 8.58. The van der Waals surface area contributed by atoms with Gasteiger partial charge in [-0.15, -0.1) is 0 Å². The Morgan fingerprint density at radius 2 is 1.35 bits per heavy atom. The lowest BCUT2D eigenvalue weighted by molar-refractivity contribution is 0.501. The van der Waals surface area contributed by atoms with Crippen molar-refractivity contribution in [1.29, 1.82) is 0 Å². The highest BCUT2D eigenvalue weighted by Gasteiger charge is 2.36. The normalized spacial score (nSPS) is 25.0. The van der Waals surface area contributed by atoms with Gasteiger partial charge < -0.3 is 0 Å². The molecule has 0 saturated carbocycles. The van der Waals surface area contributed by atoms with Crippen molar-refractivity contribution in [2.24, 2.45) is 21.8 Å². The maximum absolute atomic E-state index is 5.64. The second kappa shape index (κ2) is 13.0. The minimum atomic E-state index is 0.0856. The van der Waals surface area contributed by atoms with Crippen molar-refractivity contribution in [3.05, 3.63) is 202 Å². The van der Waals surface area contributed by atoms with E-state index < -0.39 is 0 Å². The Kier molecular flexibility index (Phi) is 7.67. The van der Waals surface area contributed by atoms with Gasteiger partial charge in [-0.25, -0.2) is 9.97 Å². The Balaban J connectivity index is 1.05. The third-order valence-corrected chi connectivity index (χ3v) is 11.2. The minimum absolute atomic E-state index is 0.0856. The average molecular weight is 671 g/mol. The number of rotatable bonds is 5. The molecule has 0 N–H and O–H groups in total. The first-order valence-corrected chi connectivity index (χ1v) is 18.5. The van der Waals surface area contributed by atoms with E-state index in [2.05, 4.69) is 146 Å². The first-order chi connectivity index (χ1) is 25.7. The summed E-state index contributed by atoms with van der Waals surface area (Å²) in [6.07, 6.45) is 24.9. The van der Waals surface area contributed by atoms with Crippen molar-refractivity contribution in [3.63, 3.8) is 0 Å². The zero-order chi connectivity index (χ0) is 34.4. The molecule has 6 atom stereocenters. The fourth-order valence-electron chi connectivity index (χ4n) is 8.58. The molecule has 0 fully saturated rings. The number of fused-ring (bicyclic) bond motifs is 6. The number of nitrogens with zero attached hydrogens (tertiary/aromatic N) is 4. The SMILES string of the molecule is C1=CC2C=CC(C3CC=c4c5c(ccc4=N3)C3C=CC(c4cc(-c6ccccc6)nc(-c6ccccc6)n4)CC3N=C5c3ccccc3)=CC2C=C1. The quantitative estimate of drug-likeness (QED) is 0.176. The van der Waals surface area contributed by atoms with Crippen molar-refractivity contribution < 1.29 is 0 Å². The van der Waals surface area contributed by atoms with Gasteiger partial charge in [-0.1, -0.05) is 158 Å². The summed E-state index contributed by atoms with van der Waals surface area (Å²) in [5.74, 6) is 1.92. The lowest BCUT2D eigenvalue weighted by Crippen LogP contribution is -2.41. The van der Waals surface area contributed by atoms with Crippen molar-refractivity contribution in [2.75, 3.05) is 0 Å². The number of aromatic nitrogens is 2. The predicted octanol–water partition coefficient (Wildman–Crippen LogP) is 8.88. The summed E-state index contributed by atoms with van der Waals surface area (Å²) in [4.78, 5) is 21.3. The summed E-state index contributed by atoms with van der Waals surface area (Å²) < 4.78 is 0. The monoisotopic (exact) mass is 670 g/mol. The molecule has 52 heavy (non-hydrogen) atoms. The van der Waals surface area contributed by atoms with E-state index in [-0.39, 0.29) is 23.9 Å². The molecule has 4 aromatic carbocycles. The van der Waals surface area contributed by atoms with Gasteiger partial charge in [0.25, 0.3) is 0 Å². The van der Waals surface area contributed by atoms with E-state index in [0.29, 0.717) is 11.8 Å². The van der Waals surface area contributed by atoms with Crippen molar-refractivity contribution in [3.8, 4) is 22.6 Å². The molecule has 0 saturated heterocycles. The molecule has 0 amide bonds. The molecule has 6 unspecified atom stereocenters. The van der Waals surface area contributed by atoms with Crippen LogP contribution in [0.1, 0.15) is 47.1 Å². The summed E-state index contributed by atoms with van der Waals surface area (Å²) in [5.41, 5.74) is 10.2. The first-order valence-electron chi connectivity index (χ1n) is 18.5. The van der Waals surface area contributed by atoms with E-state index in [1.807, 2.05) is 24.3 Å². The summed E-state index contributed by atoms with van der Waals surface area (Å²) in [5, 5.41) is 2.29. The highest BCUT2D eigenvalue weighted by molar-refractivity contribution is 6.15. The molecule has 0 radical (unpaired) electrons. The molecule has 3 heterocycles. The largest absolute Gasteiger partial charge is 0.280 e. The predicted molar refractivity (Wildman–Crippen MR) is 211 cm³/mol. The van der Waals surface area contributed by atoms with Crippen LogP contribution in [0.3, 0.4) is 0 Å². The molecule has 5 aliphatic rings. The Morgan fingerprint density at radius 3 is 2.13 bits per heavy atom. The number of hydrogen-bond acceptors (Lipinski definition) is 4. The molecule has 3 aliphatic carbocycles. The van der Waals surface area contributed by atoms with Crippen LogP contribution in [0.25, 0.3) is 28.7 Å². The van der Waals surface area contributed by atoms with Crippen LogP contribution in [-0.2, 0) is 0 Å². The van der Waals surface area contributed by atoms with Crippen LogP contribution in [-0.4, -0.2) is 27.8 Å². The van der Waals surface area contributed by atoms with Crippen molar-refractivity contribution in [1.82, 2.24) is 9.97 Å². The summed E-state index contributed by atoms with van der Waals surface area (Å²) in [6.45, 7) is 0. The Hall–Kier alpha value is -6.00. The number of aliphatic imine (C=N–C) groups is 1. The van der Waals surface area contributed by atoms with Gasteiger partial charge >= 0.3 is 0 Å². The topological polar surface area (TPSA) is 50.5 Å². The number of hydrogen-bond donors (Lipinski definition) is 0. The van der Waals surface area contributed by atoms with Crippen LogP contribution >= 0.6 is 0 Å². The molecular formula is C48H38N4. The minimum Gasteiger partial charge on any atom is -0.280 e. The fraction of sp³-hybridized carbons (Fsp3) is 0.167. The number of benzene rings is 4. The molecule has 2 aliphatic heterocycles. The van der Waals surface area contributed by atoms with Gasteiger partial charge in [0, 0.05) is 51.1 Å². The second-order valence-electron chi connectivity index (χ2n) is 14.4. The molecule has 10 rings (SSSR count). The smallest absolute Gasteiger partial charge is 0.160 e. The molecule has 4 heteroatoms. The van der Waals surface area contributed by atoms with E-state index >= 15 is 0 Å². The lowest BCUT2D eigenvalue weighted by atomic mass is 9.74. The van der Waals surface area contributed by atoms with Crippen molar-refractivity contribution >= 4 is 11.8 Å². The van der Waals surface area contributed by atoms with Gasteiger partial charge in [0.05, 0.1) is 34.5 Å². The maximum Gasteiger partial charge on any atom is 0.160 e. The van der Waals surface area contributed by atoms with E-state index in [1.54, 1.807) is 0 Å². The summed E-state index contributed by atoms with van der Waals surface area (Å²) >= 11 is 0. The van der Waals surface area contributed by atoms with E-state index in [0.717, 1.165) is 57.8 Å². The van der Waals surface area contributed by atoms with E-state index in [1.165, 1.54) is 21.9 Å². The Morgan fingerprint density at radius 1 is 0.615 bits per heavy atom. The summed E-state index contributed by atoms with van der Waals surface area (Å²) in [7, 11) is 0. The molecule has 0 spiro atoms. The van der Waals surface area contributed by atoms with E-state index in [4.69, 9.17) is 20.0 Å². The van der Waals surface area contributed by atoms with Crippen LogP contribution in [0.5, 0.6) is 0 Å². The molecular weight excluding hydrogens is 633 g/mol. The Bertz CT molecular complexity index is 2430. The molecule has 5 aromatic rings. The van der Waals surface area contributed by atoms with Gasteiger partial charge in [-0.2, -0.15) is 0 Å². The van der Waals surface area contributed by atoms with Gasteiger partial charge in [-0.05, 0) is 36.1 Å². The second-order valence-corrected chi connectivity index (χ2v) is 14.4. The van der Waals surface area contributed by atoms with Gasteiger partial charge in [0.2, 0.25) is 0 Å². The zero-order valence-electron chi connectivity index (χ0n) is 28.8. The third kappa shape index (κ3) is 5.56. The first kappa shape index (κ1) is 30.8. The molecule has 1 aromatic heterocycles. The lowest BCUT2D eigenvalue weighted by Gasteiger charge is -2.35. The van der Waals surface area contributed by atoms with Crippen LogP contribution in [0, 0.1) is 11.8 Å². The standard InChI is InChI=1S/C48H38N4/c1-4-13-32(14-5-1)43-30-44(52-48(51-43)34-17-8-3-9-18-34)37-22-23-38-39-24-27-42-40(46(39)47(50-45(38)29-37)33-15-6-2-7-16-33)25-26-41(49-42)36-21-20-31-12-10-11-19-35(31)28-36/h1-25,27-28,30-31,35,37-38,41,45H,26,29H2. The zero-order valence-corrected chi connectivity index (χ0v) is 28.8. The molecule has 4 nitrogen and oxygen atoms in total. The number of allylic oxidation sites excluding steroid dienone is 7. The van der Waals surface area contributed by atoms with E-state index in [9.17, 15) is 0 Å². The van der Waals surface area contributed by atoms with Crippen LogP contribution in [0.4, 0.5) is 0 Å². The van der Waals surface area contributed by atoms with Crippen LogP contribution in [0.2, 0.25) is 0 Å². The average Bonchev–Trinajstić information content (AvgIpc) is 3.23. The highest BCUT2D eigenvalue weighted by atomic mass is 14.9. The van der Waals surface area contributed by atoms with Crippen LogP contribution in [0.15, 0.2) is 179 Å². The molecule has 0 bridgehead atoms. The van der Waals surface area contributed by atoms with Crippen LogP contribution < -0.4 is 10.6 Å². The van der Waals surface area contributed by atoms with Gasteiger partial charge in [-0.3, -0.25) is 9.98 Å². The molecule has 250 valence electrons. The third-order valence-electron chi connectivity index (χ3n) is 11.2. The van der Waals surface area contributed by atoms with Gasteiger partial charge in [0.15, 0.2) is 5.82 Å². The van der Waals surface area contributed by atoms with Crippen molar-refractivity contribution in [2.45, 2.75) is 36.8 Å². The Labute approximate surface area is 304 Å².